The van der Waals surface area contributed by atoms with E-state index in [1.165, 1.54) is 0 Å². The number of amides is 2. The molecule has 2 N–H and O–H groups in total. The minimum atomic E-state index is -4.60. The summed E-state index contributed by atoms with van der Waals surface area (Å²) in [4.78, 5) is 24.9. The van der Waals surface area contributed by atoms with E-state index in [0.29, 0.717) is 64.3 Å². The zero-order chi connectivity index (χ0) is 23.9. The van der Waals surface area contributed by atoms with Crippen LogP contribution in [-0.4, -0.2) is 60.6 Å². The van der Waals surface area contributed by atoms with Gasteiger partial charge in [0, 0.05) is 18.5 Å². The molecular weight excluding hydrogens is 468 g/mol. The van der Waals surface area contributed by atoms with Crippen LogP contribution in [0.15, 0.2) is 0 Å². The fourth-order valence-electron chi connectivity index (χ4n) is 5.95. The van der Waals surface area contributed by atoms with Crippen molar-refractivity contribution in [2.45, 2.75) is 99.9 Å². The van der Waals surface area contributed by atoms with Crippen molar-refractivity contribution in [1.29, 1.82) is 0 Å². The summed E-state index contributed by atoms with van der Waals surface area (Å²) in [5, 5.41) is 5.43. The second kappa shape index (κ2) is 9.49. The number of ether oxygens (including phenoxy) is 2. The molecule has 0 aromatic carbocycles. The van der Waals surface area contributed by atoms with Gasteiger partial charge in [-0.25, -0.2) is 4.39 Å². The Morgan fingerprint density at radius 1 is 1.00 bits per heavy atom. The highest BCUT2D eigenvalue weighted by Gasteiger charge is 2.72. The SMILES string of the molecule is O=C(COC1CCC(Cl)C(F)C1)NC12CC(C(=O)NCC3CCC(OC(F)(F)F)CC3)(C1)C2. The normalized spacial score (nSPS) is 40.3. The highest BCUT2D eigenvalue weighted by atomic mass is 35.5. The van der Waals surface area contributed by atoms with E-state index in [-0.39, 0.29) is 42.4 Å². The molecule has 0 aromatic heterocycles. The largest absolute Gasteiger partial charge is 0.522 e. The predicted octanol–water partition coefficient (Wildman–Crippen LogP) is 3.75. The minimum Gasteiger partial charge on any atom is -0.368 e. The Morgan fingerprint density at radius 3 is 2.24 bits per heavy atom. The fourth-order valence-corrected chi connectivity index (χ4v) is 6.18. The number of hydrogen-bond acceptors (Lipinski definition) is 4. The van der Waals surface area contributed by atoms with E-state index in [4.69, 9.17) is 16.3 Å². The standard InChI is InChI=1S/C22H31ClF4N2O4/c23-16-6-5-15(7-17(16)24)32-9-18(30)29-21-10-20(11-21,12-21)19(31)28-8-13-1-3-14(4-2-13)33-22(25,26)27/h13-17H,1-12H2,(H,28,31)(H,29,30). The van der Waals surface area contributed by atoms with E-state index >= 15 is 0 Å². The summed E-state index contributed by atoms with van der Waals surface area (Å²) in [5.74, 6) is -0.154. The molecule has 3 atom stereocenters. The van der Waals surface area contributed by atoms with Gasteiger partial charge in [0.1, 0.15) is 12.8 Å². The molecule has 0 heterocycles. The summed E-state index contributed by atoms with van der Waals surface area (Å²) in [7, 11) is 0. The smallest absolute Gasteiger partial charge is 0.368 e. The lowest BCUT2D eigenvalue weighted by molar-refractivity contribution is -0.345. The third-order valence-corrected chi connectivity index (χ3v) is 8.15. The summed E-state index contributed by atoms with van der Waals surface area (Å²) in [5.41, 5.74) is -0.813. The van der Waals surface area contributed by atoms with Gasteiger partial charge in [-0.15, -0.1) is 24.8 Å². The molecule has 6 nitrogen and oxygen atoms in total. The minimum absolute atomic E-state index is 0.0460. The second-order valence-electron chi connectivity index (χ2n) is 10.3. The van der Waals surface area contributed by atoms with Gasteiger partial charge in [0.15, 0.2) is 0 Å². The molecule has 11 heteroatoms. The Kier molecular flexibility index (Phi) is 7.18. The zero-order valence-corrected chi connectivity index (χ0v) is 19.2. The number of nitrogens with one attached hydrogen (secondary N) is 2. The van der Waals surface area contributed by atoms with Crippen LogP contribution in [0.3, 0.4) is 0 Å². The molecule has 2 amide bonds. The average molecular weight is 499 g/mol. The van der Waals surface area contributed by atoms with Crippen molar-refractivity contribution in [3.8, 4) is 0 Å². The Balaban J connectivity index is 1.10. The van der Waals surface area contributed by atoms with Crippen LogP contribution in [0, 0.1) is 11.3 Å². The van der Waals surface area contributed by atoms with Gasteiger partial charge in [-0.2, -0.15) is 0 Å². The Morgan fingerprint density at radius 2 is 1.64 bits per heavy atom. The van der Waals surface area contributed by atoms with E-state index in [1.807, 2.05) is 0 Å². The van der Waals surface area contributed by atoms with Crippen LogP contribution in [-0.2, 0) is 19.1 Å². The molecule has 5 rings (SSSR count). The molecule has 33 heavy (non-hydrogen) atoms. The van der Waals surface area contributed by atoms with Gasteiger partial charge in [0.2, 0.25) is 11.8 Å². The van der Waals surface area contributed by atoms with Crippen molar-refractivity contribution in [2.75, 3.05) is 13.2 Å². The summed E-state index contributed by atoms with van der Waals surface area (Å²) in [6.45, 7) is 0.318. The van der Waals surface area contributed by atoms with Gasteiger partial charge in [-0.05, 0) is 63.7 Å². The lowest BCUT2D eigenvalue weighted by atomic mass is 9.39. The second-order valence-corrected chi connectivity index (χ2v) is 10.9. The van der Waals surface area contributed by atoms with Gasteiger partial charge in [0.25, 0.3) is 0 Å². The van der Waals surface area contributed by atoms with Crippen LogP contribution >= 0.6 is 11.6 Å². The number of rotatable bonds is 8. The monoisotopic (exact) mass is 498 g/mol. The molecule has 0 spiro atoms. The molecule has 5 fully saturated rings. The molecule has 3 unspecified atom stereocenters. The molecule has 0 radical (unpaired) electrons. The third-order valence-electron chi connectivity index (χ3n) is 7.66. The van der Waals surface area contributed by atoms with E-state index < -0.39 is 29.4 Å². The van der Waals surface area contributed by atoms with Crippen LogP contribution in [0.5, 0.6) is 0 Å². The third kappa shape index (κ3) is 5.93. The van der Waals surface area contributed by atoms with Gasteiger partial charge in [-0.3, -0.25) is 14.3 Å². The number of alkyl halides is 5. The number of carbonyl (C=O) groups excluding carboxylic acids is 2. The molecule has 188 valence electrons. The van der Waals surface area contributed by atoms with E-state index in [1.54, 1.807) is 0 Å². The molecule has 2 bridgehead atoms. The first-order valence-corrected chi connectivity index (χ1v) is 12.1. The number of hydrogen-bond donors (Lipinski definition) is 2. The molecule has 5 saturated carbocycles. The first-order valence-electron chi connectivity index (χ1n) is 11.7. The lowest BCUT2D eigenvalue weighted by Crippen LogP contribution is -2.78. The van der Waals surface area contributed by atoms with Crippen molar-refractivity contribution in [3.05, 3.63) is 0 Å². The first kappa shape index (κ1) is 25.0. The topological polar surface area (TPSA) is 76.7 Å². The number of halogens is 5. The first-order chi connectivity index (χ1) is 15.5. The van der Waals surface area contributed by atoms with Gasteiger partial charge >= 0.3 is 6.36 Å². The van der Waals surface area contributed by atoms with Crippen molar-refractivity contribution in [3.63, 3.8) is 0 Å². The predicted molar refractivity (Wildman–Crippen MR) is 111 cm³/mol. The Hall–Kier alpha value is -1.13. The lowest BCUT2D eigenvalue weighted by Gasteiger charge is -2.69. The molecule has 5 aliphatic carbocycles. The zero-order valence-electron chi connectivity index (χ0n) is 18.4. The highest BCUT2D eigenvalue weighted by Crippen LogP contribution is 2.67. The summed E-state index contributed by atoms with van der Waals surface area (Å²) < 4.78 is 60.2. The molecular formula is C22H31ClF4N2O4. The van der Waals surface area contributed by atoms with E-state index in [2.05, 4.69) is 15.4 Å². The quantitative estimate of drug-likeness (QED) is 0.395. The maximum absolute atomic E-state index is 13.7. The van der Waals surface area contributed by atoms with Crippen molar-refractivity contribution in [1.82, 2.24) is 10.6 Å². The fraction of sp³-hybridized carbons (Fsp3) is 0.909. The van der Waals surface area contributed by atoms with Crippen molar-refractivity contribution < 1.29 is 36.6 Å². The Bertz CT molecular complexity index is 725. The van der Waals surface area contributed by atoms with Gasteiger partial charge in [0.05, 0.1) is 23.0 Å². The molecule has 0 aromatic rings. The molecule has 5 aliphatic rings. The maximum Gasteiger partial charge on any atom is 0.522 e. The van der Waals surface area contributed by atoms with Crippen molar-refractivity contribution >= 4 is 23.4 Å². The van der Waals surface area contributed by atoms with Crippen LogP contribution < -0.4 is 10.6 Å². The van der Waals surface area contributed by atoms with Gasteiger partial charge < -0.3 is 15.4 Å². The summed E-state index contributed by atoms with van der Waals surface area (Å²) in [6.07, 6.45) is -1.88. The summed E-state index contributed by atoms with van der Waals surface area (Å²) in [6, 6.07) is 0. The van der Waals surface area contributed by atoms with Crippen LogP contribution in [0.1, 0.15) is 64.2 Å². The van der Waals surface area contributed by atoms with Crippen LogP contribution in [0.4, 0.5) is 17.6 Å². The van der Waals surface area contributed by atoms with Crippen LogP contribution in [0.25, 0.3) is 0 Å². The van der Waals surface area contributed by atoms with E-state index in [0.717, 1.165) is 0 Å². The Labute approximate surface area is 195 Å². The van der Waals surface area contributed by atoms with E-state index in [9.17, 15) is 27.2 Å². The summed E-state index contributed by atoms with van der Waals surface area (Å²) >= 11 is 5.86. The maximum atomic E-state index is 13.7. The van der Waals surface area contributed by atoms with Crippen LogP contribution in [0.2, 0.25) is 0 Å². The average Bonchev–Trinajstić information content (AvgIpc) is 2.68. The molecule has 0 aliphatic heterocycles. The van der Waals surface area contributed by atoms with Gasteiger partial charge in [-0.1, -0.05) is 0 Å². The highest BCUT2D eigenvalue weighted by molar-refractivity contribution is 6.21. The molecule has 0 saturated heterocycles. The van der Waals surface area contributed by atoms with Crippen molar-refractivity contribution in [2.24, 2.45) is 11.3 Å². The number of carbonyl (C=O) groups is 2.